The largest absolute Gasteiger partial charge is 0.676 e. The summed E-state index contributed by atoms with van der Waals surface area (Å²) in [5.74, 6) is 0. The SMILES string of the molecule is C=[N+](Cc1cccnc1)C(=O)[N+](=C)c1ccc(S(=O)(=O)[N+](=C)c2cc(C)cc(C)c2)cc1. The van der Waals surface area contributed by atoms with Crippen molar-refractivity contribution in [1.82, 2.24) is 4.98 Å². The van der Waals surface area contributed by atoms with Gasteiger partial charge in [-0.3, -0.25) is 4.98 Å². The van der Waals surface area contributed by atoms with Crippen molar-refractivity contribution < 1.29 is 26.3 Å². The molecule has 2 amide bonds. The summed E-state index contributed by atoms with van der Waals surface area (Å²) >= 11 is 0. The van der Waals surface area contributed by atoms with Gasteiger partial charge in [-0.05, 0) is 49.2 Å². The fourth-order valence-corrected chi connectivity index (χ4v) is 4.34. The van der Waals surface area contributed by atoms with Gasteiger partial charge in [0.2, 0.25) is 11.4 Å². The van der Waals surface area contributed by atoms with E-state index >= 15 is 0 Å². The third-order valence-corrected chi connectivity index (χ3v) is 6.49. The second kappa shape index (κ2) is 9.15. The van der Waals surface area contributed by atoms with E-state index < -0.39 is 16.1 Å². The van der Waals surface area contributed by atoms with Crippen molar-refractivity contribution in [2.24, 2.45) is 0 Å². The van der Waals surface area contributed by atoms with Crippen LogP contribution in [0.1, 0.15) is 16.7 Å². The Bertz CT molecular complexity index is 1310. The second-order valence-corrected chi connectivity index (χ2v) is 9.33. The molecule has 1 heterocycles. The Kier molecular flexibility index (Phi) is 6.55. The van der Waals surface area contributed by atoms with Gasteiger partial charge in [0.15, 0.2) is 13.3 Å². The van der Waals surface area contributed by atoms with Crippen LogP contribution in [0.15, 0.2) is 71.9 Å². The molecule has 3 aromatic rings. The van der Waals surface area contributed by atoms with Crippen molar-refractivity contribution in [1.29, 1.82) is 0 Å². The predicted octanol–water partition coefficient (Wildman–Crippen LogP) is 3.81. The van der Waals surface area contributed by atoms with Gasteiger partial charge in [0.05, 0.1) is 0 Å². The lowest BCUT2D eigenvalue weighted by Gasteiger charge is -2.05. The van der Waals surface area contributed by atoms with Gasteiger partial charge in [-0.2, -0.15) is 13.2 Å². The quantitative estimate of drug-likeness (QED) is 0.424. The van der Waals surface area contributed by atoms with Gasteiger partial charge in [-0.15, -0.1) is 4.58 Å². The molecule has 0 aliphatic carbocycles. The Labute approximate surface area is 188 Å². The van der Waals surface area contributed by atoms with Crippen molar-refractivity contribution in [2.45, 2.75) is 25.3 Å². The van der Waals surface area contributed by atoms with Crippen LogP contribution in [0.4, 0.5) is 16.2 Å². The summed E-state index contributed by atoms with van der Waals surface area (Å²) in [6, 6.07) is 14.5. The minimum Gasteiger partial charge on any atom is -0.264 e. The summed E-state index contributed by atoms with van der Waals surface area (Å²) in [5.41, 5.74) is 3.61. The molecule has 0 bridgehead atoms. The van der Waals surface area contributed by atoms with Crippen molar-refractivity contribution in [3.8, 4) is 0 Å². The molecule has 0 unspecified atom stereocenters. The van der Waals surface area contributed by atoms with E-state index in [2.05, 4.69) is 25.1 Å². The first-order chi connectivity index (χ1) is 15.1. The van der Waals surface area contributed by atoms with Crippen LogP contribution < -0.4 is 0 Å². The molecule has 32 heavy (non-hydrogen) atoms. The minimum absolute atomic E-state index is 0.0538. The first-order valence-corrected chi connectivity index (χ1v) is 11.2. The normalized spacial score (nSPS) is 11.1. The number of hydrogen-bond acceptors (Lipinski definition) is 4. The number of benzene rings is 2. The van der Waals surface area contributed by atoms with Crippen LogP contribution >= 0.6 is 0 Å². The molecule has 0 spiro atoms. The van der Waals surface area contributed by atoms with Gasteiger partial charge in [0.25, 0.3) is 0 Å². The maximum atomic E-state index is 13.0. The van der Waals surface area contributed by atoms with Gasteiger partial charge < -0.3 is 0 Å². The molecular weight excluding hydrogens is 424 g/mol. The maximum Gasteiger partial charge on any atom is 0.676 e. The second-order valence-electron chi connectivity index (χ2n) is 7.46. The molecule has 7 nitrogen and oxygen atoms in total. The van der Waals surface area contributed by atoms with Crippen LogP contribution in [0.3, 0.4) is 0 Å². The molecule has 0 atom stereocenters. The zero-order chi connectivity index (χ0) is 23.5. The average Bonchev–Trinajstić information content (AvgIpc) is 2.77. The average molecular weight is 450 g/mol. The highest BCUT2D eigenvalue weighted by Crippen LogP contribution is 2.24. The predicted molar refractivity (Wildman–Crippen MR) is 124 cm³/mol. The van der Waals surface area contributed by atoms with E-state index in [1.165, 1.54) is 28.8 Å². The fourth-order valence-electron chi connectivity index (χ4n) is 3.22. The molecule has 8 heteroatoms. The molecule has 0 saturated heterocycles. The van der Waals surface area contributed by atoms with Crippen molar-refractivity contribution >= 4 is 47.6 Å². The van der Waals surface area contributed by atoms with E-state index in [0.29, 0.717) is 11.4 Å². The number of aromatic nitrogens is 1. The number of rotatable bonds is 6. The Balaban J connectivity index is 1.78. The first-order valence-electron chi connectivity index (χ1n) is 9.75. The smallest absolute Gasteiger partial charge is 0.264 e. The third-order valence-electron chi connectivity index (χ3n) is 4.83. The lowest BCUT2D eigenvalue weighted by Crippen LogP contribution is -2.26. The molecule has 2 aromatic carbocycles. The molecule has 0 radical (unpaired) electrons. The molecular formula is C24H25N4O3S+3. The molecule has 0 aliphatic rings. The molecule has 1 aromatic heterocycles. The standard InChI is InChI=1S/C24H25N4O3S/c1-18-13-19(2)15-22(14-18)28(5)32(30,31)23-10-8-21(9-11-23)27(4)24(29)26(3)17-20-7-6-12-25-16-20/h6-16H,3-5,17H2,1-2H3/q+3. The number of carbonyl (C=O) groups is 1. The minimum atomic E-state index is -3.88. The van der Waals surface area contributed by atoms with Crippen molar-refractivity contribution in [3.63, 3.8) is 0 Å². The van der Waals surface area contributed by atoms with Gasteiger partial charge in [0.1, 0.15) is 18.3 Å². The lowest BCUT2D eigenvalue weighted by molar-refractivity contribution is -0.537. The summed E-state index contributed by atoms with van der Waals surface area (Å²) in [4.78, 5) is 16.7. The number of carbonyl (C=O) groups excluding carboxylic acids is 1. The number of pyridine rings is 1. The monoisotopic (exact) mass is 449 g/mol. The summed E-state index contributed by atoms with van der Waals surface area (Å²) < 4.78 is 29.5. The molecule has 3 rings (SSSR count). The zero-order valence-corrected chi connectivity index (χ0v) is 18.9. The van der Waals surface area contributed by atoms with E-state index in [4.69, 9.17) is 0 Å². The number of hydrogen-bond donors (Lipinski definition) is 0. The van der Waals surface area contributed by atoms with Crippen molar-refractivity contribution in [2.75, 3.05) is 0 Å². The summed E-state index contributed by atoms with van der Waals surface area (Å²) in [7, 11) is -3.88. The van der Waals surface area contributed by atoms with E-state index in [1.54, 1.807) is 30.6 Å². The number of nitrogens with zero attached hydrogens (tertiary/aromatic N) is 4. The van der Waals surface area contributed by atoms with Gasteiger partial charge >= 0.3 is 16.1 Å². The van der Waals surface area contributed by atoms with Gasteiger partial charge in [-0.1, -0.05) is 14.6 Å². The molecule has 162 valence electrons. The molecule has 0 aliphatic heterocycles. The summed E-state index contributed by atoms with van der Waals surface area (Å²) in [6.45, 7) is 15.3. The highest BCUT2D eigenvalue weighted by molar-refractivity contribution is 7.85. The van der Waals surface area contributed by atoms with Crippen molar-refractivity contribution in [3.05, 3.63) is 83.7 Å². The topological polar surface area (TPSA) is 73.1 Å². The van der Waals surface area contributed by atoms with E-state index in [1.807, 2.05) is 26.0 Å². The Hall–Kier alpha value is -3.78. The van der Waals surface area contributed by atoms with E-state index in [-0.39, 0.29) is 11.4 Å². The number of sulfonamides is 1. The zero-order valence-electron chi connectivity index (χ0n) is 18.1. The van der Waals surface area contributed by atoms with Crippen LogP contribution in [0.2, 0.25) is 0 Å². The van der Waals surface area contributed by atoms with Crippen LogP contribution in [0, 0.1) is 13.8 Å². The Morgan fingerprint density at radius 2 is 1.56 bits per heavy atom. The van der Waals surface area contributed by atoms with Crippen LogP contribution in [0.5, 0.6) is 0 Å². The fraction of sp³-hybridized carbons (Fsp3) is 0.125. The number of amides is 2. The molecule has 0 saturated carbocycles. The van der Waals surface area contributed by atoms with Gasteiger partial charge in [0, 0.05) is 42.2 Å². The third kappa shape index (κ3) is 4.92. The molecule has 0 N–H and O–H groups in total. The Morgan fingerprint density at radius 3 is 2.12 bits per heavy atom. The highest BCUT2D eigenvalue weighted by atomic mass is 32.2. The highest BCUT2D eigenvalue weighted by Gasteiger charge is 2.32. The maximum absolute atomic E-state index is 13.0. The van der Waals surface area contributed by atoms with E-state index in [0.717, 1.165) is 25.2 Å². The summed E-state index contributed by atoms with van der Waals surface area (Å²) in [5, 5.41) is 0. The van der Waals surface area contributed by atoms with E-state index in [9.17, 15) is 13.2 Å². The number of urea groups is 1. The Morgan fingerprint density at radius 1 is 0.938 bits per heavy atom. The van der Waals surface area contributed by atoms with Crippen LogP contribution in [-0.4, -0.2) is 52.7 Å². The van der Waals surface area contributed by atoms with Gasteiger partial charge in [-0.25, -0.2) is 0 Å². The number of aryl methyl sites for hydroxylation is 2. The first kappa shape index (κ1) is 22.9. The molecule has 0 fully saturated rings. The lowest BCUT2D eigenvalue weighted by atomic mass is 10.1. The van der Waals surface area contributed by atoms with Crippen LogP contribution in [0.25, 0.3) is 0 Å². The summed E-state index contributed by atoms with van der Waals surface area (Å²) in [6.07, 6.45) is 3.30. The van der Waals surface area contributed by atoms with Crippen LogP contribution in [-0.2, 0) is 16.6 Å².